The van der Waals surface area contributed by atoms with E-state index in [-0.39, 0.29) is 5.92 Å². The van der Waals surface area contributed by atoms with Crippen molar-refractivity contribution in [2.45, 2.75) is 32.2 Å². The molecule has 3 aromatic rings. The topological polar surface area (TPSA) is 66.9 Å². The Morgan fingerprint density at radius 2 is 1.81 bits per heavy atom. The van der Waals surface area contributed by atoms with E-state index in [0.29, 0.717) is 22.5 Å². The Balaban J connectivity index is 1.42. The first-order chi connectivity index (χ1) is 15.5. The summed E-state index contributed by atoms with van der Waals surface area (Å²) in [4.78, 5) is 21.8. The van der Waals surface area contributed by atoms with Crippen LogP contribution < -0.4 is 10.6 Å². The fraction of sp³-hybridized carbons (Fsp3) is 0.417. The molecule has 0 bridgehead atoms. The van der Waals surface area contributed by atoms with Crippen molar-refractivity contribution in [1.29, 1.82) is 0 Å². The van der Waals surface area contributed by atoms with Gasteiger partial charge in [0, 0.05) is 66.0 Å². The maximum absolute atomic E-state index is 12.8. The molecule has 1 aliphatic heterocycles. The van der Waals surface area contributed by atoms with Crippen LogP contribution in [0.4, 0.5) is 5.82 Å². The van der Waals surface area contributed by atoms with Gasteiger partial charge in [0.25, 0.3) is 0 Å². The van der Waals surface area contributed by atoms with Gasteiger partial charge in [-0.25, -0.2) is 4.98 Å². The number of hydrogen-bond donors (Lipinski definition) is 1. The standard InChI is InChI=1S/C24H27Cl2N5O/c25-18-5-6-19(21(26)12-18)20-15-31-22(11-17(20)13-27)28-14-23(31)29-7-9-30(10-8-29)24(32)16-3-1-2-4-16/h5-6,11-12,14-16H,1-4,7-10,13,27H2. The van der Waals surface area contributed by atoms with E-state index in [2.05, 4.69) is 20.5 Å². The Kier molecular flexibility index (Phi) is 6.01. The van der Waals surface area contributed by atoms with Gasteiger partial charge in [0.05, 0.1) is 6.20 Å². The van der Waals surface area contributed by atoms with Crippen LogP contribution >= 0.6 is 23.2 Å². The first-order valence-corrected chi connectivity index (χ1v) is 12.0. The number of imidazole rings is 1. The van der Waals surface area contributed by atoms with Gasteiger partial charge in [0.15, 0.2) is 0 Å². The van der Waals surface area contributed by atoms with Crippen molar-refractivity contribution in [1.82, 2.24) is 14.3 Å². The number of nitrogens with two attached hydrogens (primary N) is 1. The molecule has 1 aliphatic carbocycles. The molecule has 32 heavy (non-hydrogen) atoms. The van der Waals surface area contributed by atoms with Gasteiger partial charge in [-0.2, -0.15) is 0 Å². The molecule has 0 atom stereocenters. The number of fused-ring (bicyclic) bond motifs is 1. The zero-order valence-corrected chi connectivity index (χ0v) is 19.4. The quantitative estimate of drug-likeness (QED) is 0.603. The molecule has 0 unspecified atom stereocenters. The van der Waals surface area contributed by atoms with Gasteiger partial charge in [-0.3, -0.25) is 9.20 Å². The summed E-state index contributed by atoms with van der Waals surface area (Å²) in [7, 11) is 0. The number of pyridine rings is 1. The summed E-state index contributed by atoms with van der Waals surface area (Å²) in [6.45, 7) is 3.47. The molecule has 0 radical (unpaired) electrons. The Labute approximate surface area is 197 Å². The molecule has 168 valence electrons. The van der Waals surface area contributed by atoms with Crippen LogP contribution in [-0.2, 0) is 11.3 Å². The van der Waals surface area contributed by atoms with Crippen LogP contribution in [0, 0.1) is 5.92 Å². The Morgan fingerprint density at radius 1 is 1.06 bits per heavy atom. The second kappa shape index (κ2) is 8.93. The predicted octanol–water partition coefficient (Wildman–Crippen LogP) is 4.61. The van der Waals surface area contributed by atoms with E-state index in [4.69, 9.17) is 28.9 Å². The zero-order chi connectivity index (χ0) is 22.2. The number of benzene rings is 1. The molecule has 3 heterocycles. The molecule has 2 aliphatic rings. The van der Waals surface area contributed by atoms with Crippen molar-refractivity contribution in [3.8, 4) is 11.1 Å². The van der Waals surface area contributed by atoms with Crippen LogP contribution in [0.15, 0.2) is 36.7 Å². The lowest BCUT2D eigenvalue weighted by Gasteiger charge is -2.36. The number of anilines is 1. The molecular formula is C24H27Cl2N5O. The van der Waals surface area contributed by atoms with Gasteiger partial charge >= 0.3 is 0 Å². The molecule has 0 spiro atoms. The smallest absolute Gasteiger partial charge is 0.225 e. The largest absolute Gasteiger partial charge is 0.353 e. The number of halogens is 2. The molecule has 5 rings (SSSR count). The third kappa shape index (κ3) is 3.96. The second-order valence-corrected chi connectivity index (χ2v) is 9.52. The number of piperazine rings is 1. The number of aromatic nitrogens is 2. The number of hydrogen-bond acceptors (Lipinski definition) is 4. The zero-order valence-electron chi connectivity index (χ0n) is 17.9. The van der Waals surface area contributed by atoms with Crippen molar-refractivity contribution in [2.24, 2.45) is 11.7 Å². The average molecular weight is 472 g/mol. The minimum atomic E-state index is 0.235. The minimum Gasteiger partial charge on any atom is -0.353 e. The summed E-state index contributed by atoms with van der Waals surface area (Å²) in [5, 5.41) is 1.19. The highest BCUT2D eigenvalue weighted by Gasteiger charge is 2.30. The third-order valence-electron chi connectivity index (χ3n) is 6.77. The van der Waals surface area contributed by atoms with Crippen molar-refractivity contribution in [3.63, 3.8) is 0 Å². The fourth-order valence-electron chi connectivity index (χ4n) is 4.99. The number of nitrogens with zero attached hydrogens (tertiary/aromatic N) is 4. The highest BCUT2D eigenvalue weighted by Crippen LogP contribution is 2.34. The molecule has 8 heteroatoms. The van der Waals surface area contributed by atoms with Crippen LogP contribution in [-0.4, -0.2) is 46.4 Å². The lowest BCUT2D eigenvalue weighted by molar-refractivity contribution is -0.135. The van der Waals surface area contributed by atoms with Crippen molar-refractivity contribution >= 4 is 40.6 Å². The van der Waals surface area contributed by atoms with Crippen LogP contribution in [0.1, 0.15) is 31.2 Å². The number of carbonyl (C=O) groups excluding carboxylic acids is 1. The van der Waals surface area contributed by atoms with E-state index in [9.17, 15) is 4.79 Å². The van der Waals surface area contributed by atoms with E-state index in [0.717, 1.165) is 67.2 Å². The fourth-order valence-corrected chi connectivity index (χ4v) is 5.50. The van der Waals surface area contributed by atoms with Crippen LogP contribution in [0.3, 0.4) is 0 Å². The maximum Gasteiger partial charge on any atom is 0.225 e. The number of amides is 1. The SMILES string of the molecule is NCc1cc2ncc(N3CCN(C(=O)C4CCCC4)CC3)n2cc1-c1ccc(Cl)cc1Cl. The normalized spacial score (nSPS) is 17.5. The number of rotatable bonds is 4. The number of carbonyl (C=O) groups is 1. The van der Waals surface area contributed by atoms with E-state index < -0.39 is 0 Å². The Bertz CT molecular complexity index is 1150. The summed E-state index contributed by atoms with van der Waals surface area (Å²) in [5.41, 5.74) is 9.74. The monoisotopic (exact) mass is 471 g/mol. The van der Waals surface area contributed by atoms with Crippen LogP contribution in [0.2, 0.25) is 10.0 Å². The van der Waals surface area contributed by atoms with E-state index in [1.807, 2.05) is 29.3 Å². The van der Waals surface area contributed by atoms with Crippen molar-refractivity contribution in [2.75, 3.05) is 31.1 Å². The molecule has 1 saturated carbocycles. The van der Waals surface area contributed by atoms with Crippen molar-refractivity contribution < 1.29 is 4.79 Å². The van der Waals surface area contributed by atoms with Gasteiger partial charge in [-0.1, -0.05) is 42.1 Å². The lowest BCUT2D eigenvalue weighted by atomic mass is 10.0. The van der Waals surface area contributed by atoms with Crippen LogP contribution in [0.5, 0.6) is 0 Å². The lowest BCUT2D eigenvalue weighted by Crippen LogP contribution is -2.50. The van der Waals surface area contributed by atoms with Gasteiger partial charge in [-0.05, 0) is 36.6 Å². The molecule has 2 N–H and O–H groups in total. The first-order valence-electron chi connectivity index (χ1n) is 11.2. The Hall–Kier alpha value is -2.28. The molecule has 1 saturated heterocycles. The third-order valence-corrected chi connectivity index (χ3v) is 7.32. The van der Waals surface area contributed by atoms with Gasteiger partial charge in [-0.15, -0.1) is 0 Å². The molecule has 6 nitrogen and oxygen atoms in total. The summed E-state index contributed by atoms with van der Waals surface area (Å²) in [5.74, 6) is 1.59. The minimum absolute atomic E-state index is 0.235. The molecular weight excluding hydrogens is 445 g/mol. The van der Waals surface area contributed by atoms with E-state index >= 15 is 0 Å². The summed E-state index contributed by atoms with van der Waals surface area (Å²) in [6.07, 6.45) is 8.42. The summed E-state index contributed by atoms with van der Waals surface area (Å²) in [6, 6.07) is 7.53. The Morgan fingerprint density at radius 3 is 2.50 bits per heavy atom. The predicted molar refractivity (Wildman–Crippen MR) is 129 cm³/mol. The van der Waals surface area contributed by atoms with Gasteiger partial charge in [0.1, 0.15) is 11.5 Å². The summed E-state index contributed by atoms with van der Waals surface area (Å²) >= 11 is 12.6. The highest BCUT2D eigenvalue weighted by molar-refractivity contribution is 6.36. The van der Waals surface area contributed by atoms with Crippen molar-refractivity contribution in [3.05, 3.63) is 52.3 Å². The first kappa shape index (κ1) is 21.6. The summed E-state index contributed by atoms with van der Waals surface area (Å²) < 4.78 is 2.09. The van der Waals surface area contributed by atoms with Crippen LogP contribution in [0.25, 0.3) is 16.8 Å². The average Bonchev–Trinajstić information content (AvgIpc) is 3.48. The molecule has 2 aromatic heterocycles. The molecule has 2 fully saturated rings. The van der Waals surface area contributed by atoms with Gasteiger partial charge < -0.3 is 15.5 Å². The molecule has 1 aromatic carbocycles. The second-order valence-electron chi connectivity index (χ2n) is 8.68. The molecule has 1 amide bonds. The van der Waals surface area contributed by atoms with E-state index in [1.54, 1.807) is 6.07 Å². The highest BCUT2D eigenvalue weighted by atomic mass is 35.5. The maximum atomic E-state index is 12.8. The van der Waals surface area contributed by atoms with Gasteiger partial charge in [0.2, 0.25) is 5.91 Å². The van der Waals surface area contributed by atoms with E-state index in [1.165, 1.54) is 12.8 Å².